The zero-order chi connectivity index (χ0) is 24.7. The minimum Gasteiger partial charge on any atom is -0.457 e. The Hall–Kier alpha value is -2.24. The SMILES string of the molecule is CC(C)(C)C(=O)OCO[P+]1(O)OCC(C)(C)[C@H](C(=O)NCCC(=O)OCc2ncccn2)O1. The molecule has 1 aliphatic heterocycles. The molecule has 2 heterocycles. The van der Waals surface area contributed by atoms with E-state index < -0.39 is 49.7 Å². The number of esters is 2. The lowest BCUT2D eigenvalue weighted by Gasteiger charge is -2.36. The van der Waals surface area contributed by atoms with Gasteiger partial charge in [-0.05, 0) is 26.8 Å². The topological polar surface area (TPSA) is 155 Å². The first kappa shape index (κ1) is 27.0. The molecule has 0 radical (unpaired) electrons. The van der Waals surface area contributed by atoms with Crippen molar-refractivity contribution < 1.29 is 42.3 Å². The third-order valence-corrected chi connectivity index (χ3v) is 5.78. The molecule has 13 heteroatoms. The smallest absolute Gasteiger partial charge is 0.457 e. The van der Waals surface area contributed by atoms with Crippen molar-refractivity contribution in [3.8, 4) is 0 Å². The Morgan fingerprint density at radius 1 is 1.24 bits per heavy atom. The molecule has 33 heavy (non-hydrogen) atoms. The van der Waals surface area contributed by atoms with Crippen molar-refractivity contribution in [2.75, 3.05) is 19.9 Å². The standard InChI is InChI=1S/C20H30N3O9P/c1-19(2,3)18(26)29-13-31-33(27)30-12-20(4,5)16(32-33)17(25)23-10-7-15(24)28-11-14-21-8-6-9-22-14/h6,8-9,16,27H,7,10-13H2,1-5H3/p+1/t16-,33?/m0/s1. The fourth-order valence-corrected chi connectivity index (χ4v) is 3.99. The van der Waals surface area contributed by atoms with Crippen LogP contribution in [-0.4, -0.2) is 58.8 Å². The van der Waals surface area contributed by atoms with E-state index in [0.717, 1.165) is 0 Å². The molecular weight excluding hydrogens is 457 g/mol. The van der Waals surface area contributed by atoms with Crippen LogP contribution in [0, 0.1) is 10.8 Å². The molecule has 1 fully saturated rings. The van der Waals surface area contributed by atoms with E-state index >= 15 is 0 Å². The molecule has 1 aromatic rings. The number of rotatable bonds is 9. The lowest BCUT2D eigenvalue weighted by atomic mass is 9.87. The van der Waals surface area contributed by atoms with Gasteiger partial charge in [-0.25, -0.2) is 9.97 Å². The first-order valence-corrected chi connectivity index (χ1v) is 11.8. The number of carbonyl (C=O) groups excluding carboxylic acids is 3. The number of hydrogen-bond donors (Lipinski definition) is 2. The molecule has 2 atom stereocenters. The Kier molecular flexibility index (Phi) is 9.21. The quantitative estimate of drug-likeness (QED) is 0.296. The number of ether oxygens (including phenoxy) is 2. The van der Waals surface area contributed by atoms with Crippen molar-refractivity contribution in [2.45, 2.75) is 53.8 Å². The zero-order valence-electron chi connectivity index (χ0n) is 19.4. The summed E-state index contributed by atoms with van der Waals surface area (Å²) in [4.78, 5) is 54.8. The summed E-state index contributed by atoms with van der Waals surface area (Å²) in [6.45, 7) is 7.73. The van der Waals surface area contributed by atoms with Crippen LogP contribution in [0.5, 0.6) is 0 Å². The first-order chi connectivity index (χ1) is 15.3. The summed E-state index contributed by atoms with van der Waals surface area (Å²) < 4.78 is 25.9. The van der Waals surface area contributed by atoms with Crippen molar-refractivity contribution in [3.63, 3.8) is 0 Å². The monoisotopic (exact) mass is 488 g/mol. The zero-order valence-corrected chi connectivity index (χ0v) is 20.3. The second-order valence-corrected chi connectivity index (χ2v) is 10.7. The molecule has 1 aromatic heterocycles. The van der Waals surface area contributed by atoms with Crippen LogP contribution in [0.25, 0.3) is 0 Å². The maximum Gasteiger partial charge on any atom is 0.576 e. The highest BCUT2D eigenvalue weighted by Gasteiger charge is 2.59. The predicted octanol–water partition coefficient (Wildman–Crippen LogP) is 1.70. The fourth-order valence-electron chi connectivity index (χ4n) is 2.47. The number of amides is 1. The Labute approximate surface area is 193 Å². The van der Waals surface area contributed by atoms with Crippen molar-refractivity contribution in [2.24, 2.45) is 10.8 Å². The highest BCUT2D eigenvalue weighted by Crippen LogP contribution is 2.63. The van der Waals surface area contributed by atoms with Gasteiger partial charge in [0.25, 0.3) is 5.91 Å². The van der Waals surface area contributed by atoms with E-state index in [4.69, 9.17) is 23.0 Å². The molecule has 12 nitrogen and oxygen atoms in total. The van der Waals surface area contributed by atoms with Crippen LogP contribution in [0.2, 0.25) is 0 Å². The molecule has 0 bridgehead atoms. The average Bonchev–Trinajstić information content (AvgIpc) is 2.74. The second kappa shape index (κ2) is 11.3. The minimum atomic E-state index is -3.90. The van der Waals surface area contributed by atoms with Crippen molar-refractivity contribution in [3.05, 3.63) is 24.3 Å². The van der Waals surface area contributed by atoms with Crippen molar-refractivity contribution in [1.29, 1.82) is 0 Å². The normalized spacial score (nSPS) is 22.3. The van der Waals surface area contributed by atoms with Gasteiger partial charge in [0, 0.05) is 24.4 Å². The molecule has 1 unspecified atom stereocenters. The second-order valence-electron chi connectivity index (χ2n) is 9.01. The summed E-state index contributed by atoms with van der Waals surface area (Å²) in [7, 11) is -3.90. The number of nitrogens with one attached hydrogen (secondary N) is 1. The van der Waals surface area contributed by atoms with Crippen LogP contribution >= 0.6 is 8.17 Å². The average molecular weight is 488 g/mol. The Morgan fingerprint density at radius 2 is 1.91 bits per heavy atom. The summed E-state index contributed by atoms with van der Waals surface area (Å²) in [6, 6.07) is 1.65. The lowest BCUT2D eigenvalue weighted by molar-refractivity contribution is -0.165. The van der Waals surface area contributed by atoms with Crippen LogP contribution in [0.4, 0.5) is 0 Å². The maximum atomic E-state index is 12.7. The highest BCUT2D eigenvalue weighted by molar-refractivity contribution is 7.55. The van der Waals surface area contributed by atoms with E-state index in [-0.39, 0.29) is 26.2 Å². The van der Waals surface area contributed by atoms with Crippen molar-refractivity contribution in [1.82, 2.24) is 15.3 Å². The van der Waals surface area contributed by atoms with E-state index in [1.54, 1.807) is 40.7 Å². The Balaban J connectivity index is 1.81. The molecular formula is C20H31N3O9P+. The van der Waals surface area contributed by atoms with Gasteiger partial charge >= 0.3 is 20.1 Å². The minimum absolute atomic E-state index is 0.00889. The van der Waals surface area contributed by atoms with E-state index in [1.165, 1.54) is 12.4 Å². The van der Waals surface area contributed by atoms with Crippen LogP contribution in [0.1, 0.15) is 46.9 Å². The fraction of sp³-hybridized carbons (Fsp3) is 0.650. The van der Waals surface area contributed by atoms with Gasteiger partial charge in [-0.2, -0.15) is 9.42 Å². The van der Waals surface area contributed by atoms with E-state index in [2.05, 4.69) is 15.3 Å². The van der Waals surface area contributed by atoms with Crippen molar-refractivity contribution >= 4 is 26.0 Å². The first-order valence-electron chi connectivity index (χ1n) is 10.3. The number of aromatic nitrogens is 2. The molecule has 0 aliphatic carbocycles. The van der Waals surface area contributed by atoms with Gasteiger partial charge in [-0.3, -0.25) is 14.4 Å². The Bertz CT molecular complexity index is 832. The molecule has 1 saturated heterocycles. The largest absolute Gasteiger partial charge is 0.576 e. The number of carbonyl (C=O) groups is 3. The Morgan fingerprint density at radius 3 is 2.55 bits per heavy atom. The molecule has 1 amide bonds. The van der Waals surface area contributed by atoms with Gasteiger partial charge in [0.1, 0.15) is 6.61 Å². The number of nitrogens with zero attached hydrogens (tertiary/aromatic N) is 2. The van der Waals surface area contributed by atoms with Crippen LogP contribution in [-0.2, 0) is 44.0 Å². The summed E-state index contributed by atoms with van der Waals surface area (Å²) in [5.74, 6) is -1.27. The third-order valence-electron chi connectivity index (χ3n) is 4.41. The molecule has 2 N–H and O–H groups in total. The van der Waals surface area contributed by atoms with E-state index in [1.807, 2.05) is 0 Å². The third kappa shape index (κ3) is 8.56. The van der Waals surface area contributed by atoms with E-state index in [0.29, 0.717) is 5.82 Å². The molecule has 0 spiro atoms. The number of hydrogen-bond acceptors (Lipinski definition) is 11. The molecule has 0 aromatic carbocycles. The molecule has 1 aliphatic rings. The lowest BCUT2D eigenvalue weighted by Crippen LogP contribution is -2.50. The summed E-state index contributed by atoms with van der Waals surface area (Å²) >= 11 is 0. The summed E-state index contributed by atoms with van der Waals surface area (Å²) in [5.41, 5.74) is -1.55. The summed E-state index contributed by atoms with van der Waals surface area (Å²) in [6.07, 6.45) is 1.86. The molecule has 0 saturated carbocycles. The maximum absolute atomic E-state index is 12.7. The summed E-state index contributed by atoms with van der Waals surface area (Å²) in [5, 5.41) is 2.58. The molecule has 184 valence electrons. The van der Waals surface area contributed by atoms with Crippen LogP contribution in [0.3, 0.4) is 0 Å². The predicted molar refractivity (Wildman–Crippen MR) is 115 cm³/mol. The van der Waals surface area contributed by atoms with Gasteiger partial charge in [0.2, 0.25) is 6.79 Å². The van der Waals surface area contributed by atoms with Gasteiger partial charge < -0.3 is 14.8 Å². The van der Waals surface area contributed by atoms with Gasteiger partial charge in [-0.1, -0.05) is 13.8 Å². The molecule has 2 rings (SSSR count). The van der Waals surface area contributed by atoms with Gasteiger partial charge in [0.05, 0.1) is 11.8 Å². The van der Waals surface area contributed by atoms with Crippen LogP contribution < -0.4 is 5.32 Å². The van der Waals surface area contributed by atoms with Gasteiger partial charge in [0.15, 0.2) is 18.5 Å². The van der Waals surface area contributed by atoms with E-state index in [9.17, 15) is 19.3 Å². The highest BCUT2D eigenvalue weighted by atomic mass is 31.2. The van der Waals surface area contributed by atoms with Crippen LogP contribution in [0.15, 0.2) is 18.5 Å². The van der Waals surface area contributed by atoms with Gasteiger partial charge in [-0.15, -0.1) is 9.05 Å².